The van der Waals surface area contributed by atoms with Crippen molar-refractivity contribution in [1.29, 1.82) is 0 Å². The molecule has 0 aliphatic heterocycles. The summed E-state index contributed by atoms with van der Waals surface area (Å²) in [6, 6.07) is 14.8. The lowest BCUT2D eigenvalue weighted by Gasteiger charge is -2.06. The van der Waals surface area contributed by atoms with Gasteiger partial charge in [0.25, 0.3) is 0 Å². The maximum Gasteiger partial charge on any atom is 0.308 e. The van der Waals surface area contributed by atoms with E-state index >= 15 is 0 Å². The molecule has 0 saturated heterocycles. The predicted octanol–water partition coefficient (Wildman–Crippen LogP) is 5.13. The Hall–Kier alpha value is -2.37. The fourth-order valence-corrected chi connectivity index (χ4v) is 2.96. The molecule has 3 rings (SSSR count). The molecule has 3 aromatic rings. The third kappa shape index (κ3) is 3.70. The van der Waals surface area contributed by atoms with Gasteiger partial charge in [-0.3, -0.25) is 4.79 Å². The summed E-state index contributed by atoms with van der Waals surface area (Å²) in [5, 5.41) is 6.44. The lowest BCUT2D eigenvalue weighted by molar-refractivity contribution is -0.131. The van der Waals surface area contributed by atoms with E-state index in [9.17, 15) is 4.79 Å². The van der Waals surface area contributed by atoms with Gasteiger partial charge in [-0.25, -0.2) is 4.98 Å². The molecule has 0 spiro atoms. The first-order valence-electron chi connectivity index (χ1n) is 6.88. The molecule has 6 heteroatoms. The molecule has 1 heterocycles. The van der Waals surface area contributed by atoms with Crippen LogP contribution >= 0.6 is 22.9 Å². The monoisotopic (exact) mass is 344 g/mol. The second-order valence-corrected chi connectivity index (χ2v) is 6.00. The summed E-state index contributed by atoms with van der Waals surface area (Å²) in [5.41, 5.74) is 2.30. The number of rotatable bonds is 4. The number of thiazole rings is 1. The van der Waals surface area contributed by atoms with Crippen LogP contribution in [0.2, 0.25) is 5.02 Å². The molecule has 1 aromatic heterocycles. The number of aromatic nitrogens is 1. The van der Waals surface area contributed by atoms with Gasteiger partial charge in [-0.15, -0.1) is 11.3 Å². The minimum absolute atomic E-state index is 0.359. The van der Waals surface area contributed by atoms with Gasteiger partial charge in [0.15, 0.2) is 5.13 Å². The number of hydrogen-bond donors (Lipinski definition) is 1. The fraction of sp³-hybridized carbons (Fsp3) is 0.0588. The largest absolute Gasteiger partial charge is 0.426 e. The van der Waals surface area contributed by atoms with Crippen molar-refractivity contribution < 1.29 is 9.53 Å². The Balaban J connectivity index is 1.88. The number of ether oxygens (including phenoxy) is 1. The molecule has 0 unspecified atom stereocenters. The Morgan fingerprint density at radius 3 is 2.70 bits per heavy atom. The van der Waals surface area contributed by atoms with E-state index in [1.54, 1.807) is 6.07 Å². The molecule has 0 aliphatic rings. The number of nitrogens with zero attached hydrogens (tertiary/aromatic N) is 1. The lowest BCUT2D eigenvalue weighted by Crippen LogP contribution is -2.02. The number of carbonyl (C=O) groups excluding carboxylic acids is 1. The summed E-state index contributed by atoms with van der Waals surface area (Å²) in [5.74, 6) is 0.136. The summed E-state index contributed by atoms with van der Waals surface area (Å²) in [6.07, 6.45) is 0. The van der Waals surface area contributed by atoms with Crippen LogP contribution in [0.25, 0.3) is 11.3 Å². The zero-order chi connectivity index (χ0) is 16.2. The standard InChI is InChI=1S/C17H13ClN2O2S/c1-11(21)22-16-9-5-2-6-12(16)15-10-23-17(20-15)19-14-8-4-3-7-13(14)18/h2-10H,1H3,(H,19,20). The maximum atomic E-state index is 11.2. The summed E-state index contributed by atoms with van der Waals surface area (Å²) in [4.78, 5) is 15.8. The molecule has 0 fully saturated rings. The summed E-state index contributed by atoms with van der Waals surface area (Å²) in [7, 11) is 0. The van der Waals surface area contributed by atoms with Crippen LogP contribution in [0.15, 0.2) is 53.9 Å². The van der Waals surface area contributed by atoms with Gasteiger partial charge < -0.3 is 10.1 Å². The normalized spacial score (nSPS) is 10.3. The van der Waals surface area contributed by atoms with Crippen molar-refractivity contribution in [3.05, 3.63) is 58.9 Å². The Morgan fingerprint density at radius 1 is 1.17 bits per heavy atom. The van der Waals surface area contributed by atoms with Gasteiger partial charge in [-0.2, -0.15) is 0 Å². The fourth-order valence-electron chi connectivity index (χ4n) is 2.05. The smallest absolute Gasteiger partial charge is 0.308 e. The zero-order valence-corrected chi connectivity index (χ0v) is 13.8. The first kappa shape index (κ1) is 15.5. The number of halogens is 1. The van der Waals surface area contributed by atoms with E-state index in [-0.39, 0.29) is 5.97 Å². The molecule has 0 saturated carbocycles. The van der Waals surface area contributed by atoms with Crippen molar-refractivity contribution in [3.63, 3.8) is 0 Å². The maximum absolute atomic E-state index is 11.2. The Morgan fingerprint density at radius 2 is 1.91 bits per heavy atom. The molecule has 0 atom stereocenters. The molecular weight excluding hydrogens is 332 g/mol. The Labute approximate surface area is 142 Å². The number of esters is 1. The lowest BCUT2D eigenvalue weighted by atomic mass is 10.1. The molecule has 4 nitrogen and oxygen atoms in total. The molecule has 0 radical (unpaired) electrons. The number of carbonyl (C=O) groups is 1. The van der Waals surface area contributed by atoms with E-state index in [1.807, 2.05) is 47.8 Å². The SMILES string of the molecule is CC(=O)Oc1ccccc1-c1csc(Nc2ccccc2Cl)n1. The van der Waals surface area contributed by atoms with Crippen LogP contribution in [0, 0.1) is 0 Å². The number of para-hydroxylation sites is 2. The van der Waals surface area contributed by atoms with Crippen LogP contribution in [-0.4, -0.2) is 11.0 Å². The van der Waals surface area contributed by atoms with Crippen LogP contribution in [0.3, 0.4) is 0 Å². The molecule has 2 aromatic carbocycles. The minimum atomic E-state index is -0.359. The van der Waals surface area contributed by atoms with E-state index < -0.39 is 0 Å². The number of benzene rings is 2. The van der Waals surface area contributed by atoms with Crippen molar-refractivity contribution >= 4 is 39.7 Å². The van der Waals surface area contributed by atoms with Gasteiger partial charge in [-0.1, -0.05) is 35.9 Å². The molecule has 0 aliphatic carbocycles. The Kier molecular flexibility index (Phi) is 4.60. The quantitative estimate of drug-likeness (QED) is 0.526. The van der Waals surface area contributed by atoms with Gasteiger partial charge >= 0.3 is 5.97 Å². The van der Waals surface area contributed by atoms with Crippen molar-refractivity contribution in [2.75, 3.05) is 5.32 Å². The van der Waals surface area contributed by atoms with E-state index in [1.165, 1.54) is 18.3 Å². The molecule has 0 amide bonds. The summed E-state index contributed by atoms with van der Waals surface area (Å²) >= 11 is 7.59. The van der Waals surface area contributed by atoms with Crippen LogP contribution in [0.1, 0.15) is 6.92 Å². The van der Waals surface area contributed by atoms with E-state index in [2.05, 4.69) is 10.3 Å². The highest BCUT2D eigenvalue weighted by molar-refractivity contribution is 7.14. The minimum Gasteiger partial charge on any atom is -0.426 e. The zero-order valence-electron chi connectivity index (χ0n) is 12.2. The summed E-state index contributed by atoms with van der Waals surface area (Å²) in [6.45, 7) is 1.38. The van der Waals surface area contributed by atoms with Gasteiger partial charge in [0.1, 0.15) is 5.75 Å². The van der Waals surface area contributed by atoms with E-state index in [0.717, 1.165) is 16.9 Å². The highest BCUT2D eigenvalue weighted by atomic mass is 35.5. The van der Waals surface area contributed by atoms with Crippen LogP contribution in [0.4, 0.5) is 10.8 Å². The van der Waals surface area contributed by atoms with Gasteiger partial charge in [0, 0.05) is 17.9 Å². The van der Waals surface area contributed by atoms with Crippen molar-refractivity contribution in [2.45, 2.75) is 6.92 Å². The first-order valence-corrected chi connectivity index (χ1v) is 8.14. The molecule has 0 bridgehead atoms. The van der Waals surface area contributed by atoms with Gasteiger partial charge in [0.2, 0.25) is 0 Å². The second-order valence-electron chi connectivity index (χ2n) is 4.73. The average Bonchev–Trinajstić information content (AvgIpc) is 2.98. The molecular formula is C17H13ClN2O2S. The van der Waals surface area contributed by atoms with Crippen LogP contribution < -0.4 is 10.1 Å². The number of hydrogen-bond acceptors (Lipinski definition) is 5. The molecule has 1 N–H and O–H groups in total. The van der Waals surface area contributed by atoms with Crippen molar-refractivity contribution in [3.8, 4) is 17.0 Å². The van der Waals surface area contributed by atoms with E-state index in [0.29, 0.717) is 15.9 Å². The summed E-state index contributed by atoms with van der Waals surface area (Å²) < 4.78 is 5.23. The van der Waals surface area contributed by atoms with E-state index in [4.69, 9.17) is 16.3 Å². The van der Waals surface area contributed by atoms with Gasteiger partial charge in [-0.05, 0) is 24.3 Å². The van der Waals surface area contributed by atoms with Gasteiger partial charge in [0.05, 0.1) is 16.4 Å². The van der Waals surface area contributed by atoms with Crippen molar-refractivity contribution in [1.82, 2.24) is 4.98 Å². The van der Waals surface area contributed by atoms with Crippen molar-refractivity contribution in [2.24, 2.45) is 0 Å². The topological polar surface area (TPSA) is 51.2 Å². The number of anilines is 2. The third-order valence-electron chi connectivity index (χ3n) is 3.04. The van der Waals surface area contributed by atoms with Crippen LogP contribution in [0.5, 0.6) is 5.75 Å². The molecule has 116 valence electrons. The number of nitrogens with one attached hydrogen (secondary N) is 1. The highest BCUT2D eigenvalue weighted by Crippen LogP contribution is 2.34. The first-order chi connectivity index (χ1) is 11.1. The highest BCUT2D eigenvalue weighted by Gasteiger charge is 2.12. The predicted molar refractivity (Wildman–Crippen MR) is 93.6 cm³/mol. The average molecular weight is 345 g/mol. The third-order valence-corrected chi connectivity index (χ3v) is 4.12. The molecule has 23 heavy (non-hydrogen) atoms. The van der Waals surface area contributed by atoms with Crippen LogP contribution in [-0.2, 0) is 4.79 Å². The second kappa shape index (κ2) is 6.81. The Bertz CT molecular complexity index is 848.